The molecule has 0 spiro atoms. The zero-order valence-corrected chi connectivity index (χ0v) is 23.3. The van der Waals surface area contributed by atoms with Crippen LogP contribution >= 0.6 is 0 Å². The first-order valence-electron chi connectivity index (χ1n) is 13.7. The summed E-state index contributed by atoms with van der Waals surface area (Å²) in [6.45, 7) is 2.46. The Kier molecular flexibility index (Phi) is 9.10. The molecule has 1 aliphatic rings. The van der Waals surface area contributed by atoms with Gasteiger partial charge in [-0.15, -0.1) is 6.42 Å². The van der Waals surface area contributed by atoms with Crippen molar-refractivity contribution >= 4 is 33.9 Å². The molecule has 2 N–H and O–H groups in total. The van der Waals surface area contributed by atoms with Gasteiger partial charge in [0, 0.05) is 54.5 Å². The fraction of sp³-hybridized carbons (Fsp3) is 0.206. The number of carbonyl (C=O) groups excluding carboxylic acids is 1. The van der Waals surface area contributed by atoms with Gasteiger partial charge in [0.2, 0.25) is 5.91 Å². The van der Waals surface area contributed by atoms with Crippen LogP contribution in [0.5, 0.6) is 5.75 Å². The molecule has 4 aromatic rings. The van der Waals surface area contributed by atoms with E-state index in [1.807, 2.05) is 55.6 Å². The van der Waals surface area contributed by atoms with Gasteiger partial charge >= 0.3 is 0 Å². The first-order valence-corrected chi connectivity index (χ1v) is 13.7. The van der Waals surface area contributed by atoms with E-state index in [4.69, 9.17) is 15.9 Å². The zero-order valence-electron chi connectivity index (χ0n) is 23.3. The van der Waals surface area contributed by atoms with Crippen molar-refractivity contribution in [1.29, 1.82) is 5.26 Å². The van der Waals surface area contributed by atoms with Crippen LogP contribution in [0.15, 0.2) is 85.1 Å². The second-order valence-corrected chi connectivity index (χ2v) is 10.1. The van der Waals surface area contributed by atoms with E-state index >= 15 is 0 Å². The third-order valence-electron chi connectivity index (χ3n) is 6.81. The van der Waals surface area contributed by atoms with Gasteiger partial charge in [0.05, 0.1) is 35.7 Å². The van der Waals surface area contributed by atoms with Crippen LogP contribution in [0.25, 0.3) is 10.9 Å². The normalized spacial score (nSPS) is 14.5. The van der Waals surface area contributed by atoms with E-state index in [9.17, 15) is 10.1 Å². The van der Waals surface area contributed by atoms with Gasteiger partial charge in [-0.1, -0.05) is 48.4 Å². The highest BCUT2D eigenvalue weighted by Gasteiger charge is 2.21. The SMILES string of the molecule is C#Cc1cccc(Nc2c(C#N)cnc3cc(O[C@H]4CCOC4)c(NC(=O)C=CCN(C)Cc4ccccc4)cc23)c1. The highest BCUT2D eigenvalue weighted by Crippen LogP contribution is 2.37. The molecule has 1 fully saturated rings. The highest BCUT2D eigenvalue weighted by atomic mass is 16.5. The standard InChI is InChI=1S/C34H31N5O3/c1-3-24-11-7-12-27(17-24)37-34-26(20-35)21-36-30-19-32(42-28-14-16-41-23-28)31(18-29(30)34)38-33(40)13-8-15-39(2)22-25-9-5-4-6-10-25/h1,4-13,17-19,21,28H,14-16,22-23H2,2H3,(H,36,37)(H,38,40)/t28-/m0/s1. The van der Waals surface area contributed by atoms with Crippen molar-refractivity contribution in [3.8, 4) is 24.2 Å². The Morgan fingerprint density at radius 1 is 1.21 bits per heavy atom. The molecule has 5 rings (SSSR count). The van der Waals surface area contributed by atoms with Gasteiger partial charge < -0.3 is 20.1 Å². The number of rotatable bonds is 10. The molecule has 0 aliphatic carbocycles. The Hall–Kier alpha value is -5.15. The lowest BCUT2D eigenvalue weighted by Gasteiger charge is -2.18. The predicted molar refractivity (Wildman–Crippen MR) is 165 cm³/mol. The van der Waals surface area contributed by atoms with E-state index in [2.05, 4.69) is 44.6 Å². The van der Waals surface area contributed by atoms with Crippen LogP contribution in [0, 0.1) is 23.7 Å². The lowest BCUT2D eigenvalue weighted by atomic mass is 10.1. The molecule has 0 saturated carbocycles. The minimum atomic E-state index is -0.296. The molecule has 1 atom stereocenters. The number of ether oxygens (including phenoxy) is 2. The van der Waals surface area contributed by atoms with Crippen molar-refractivity contribution in [2.24, 2.45) is 0 Å². The lowest BCUT2D eigenvalue weighted by molar-refractivity contribution is -0.111. The maximum atomic E-state index is 13.0. The van der Waals surface area contributed by atoms with Gasteiger partial charge in [0.15, 0.2) is 0 Å². The molecule has 8 heteroatoms. The molecule has 1 aliphatic heterocycles. The number of likely N-dealkylation sites (N-methyl/N-ethyl adjacent to an activating group) is 1. The van der Waals surface area contributed by atoms with Gasteiger partial charge in [-0.2, -0.15) is 5.26 Å². The average Bonchev–Trinajstić information content (AvgIpc) is 3.51. The third-order valence-corrected chi connectivity index (χ3v) is 6.81. The number of nitrogens with zero attached hydrogens (tertiary/aromatic N) is 3. The molecule has 210 valence electrons. The van der Waals surface area contributed by atoms with Crippen molar-refractivity contribution in [2.75, 3.05) is 37.4 Å². The summed E-state index contributed by atoms with van der Waals surface area (Å²) in [5.41, 5.74) is 4.62. The second kappa shape index (κ2) is 13.5. The number of nitriles is 1. The number of hydrogen-bond donors (Lipinski definition) is 2. The summed E-state index contributed by atoms with van der Waals surface area (Å²) >= 11 is 0. The molecule has 0 bridgehead atoms. The quantitative estimate of drug-likeness (QED) is 0.193. The highest BCUT2D eigenvalue weighted by molar-refractivity contribution is 6.04. The minimum Gasteiger partial charge on any atom is -0.486 e. The summed E-state index contributed by atoms with van der Waals surface area (Å²) < 4.78 is 11.7. The Morgan fingerprint density at radius 3 is 2.83 bits per heavy atom. The smallest absolute Gasteiger partial charge is 0.248 e. The average molecular weight is 558 g/mol. The van der Waals surface area contributed by atoms with E-state index in [0.717, 1.165) is 18.7 Å². The minimum absolute atomic E-state index is 0.136. The molecule has 0 radical (unpaired) electrons. The van der Waals surface area contributed by atoms with Crippen LogP contribution in [0.3, 0.4) is 0 Å². The first kappa shape index (κ1) is 28.4. The Labute approximate surface area is 245 Å². The van der Waals surface area contributed by atoms with Crippen LogP contribution < -0.4 is 15.4 Å². The third kappa shape index (κ3) is 7.13. The molecular formula is C34H31N5O3. The summed E-state index contributed by atoms with van der Waals surface area (Å²) in [5.74, 6) is 2.81. The van der Waals surface area contributed by atoms with Gasteiger partial charge in [-0.05, 0) is 36.9 Å². The van der Waals surface area contributed by atoms with E-state index in [0.29, 0.717) is 58.9 Å². The first-order chi connectivity index (χ1) is 20.5. The number of aromatic nitrogens is 1. The number of pyridine rings is 1. The van der Waals surface area contributed by atoms with E-state index in [-0.39, 0.29) is 12.0 Å². The topological polar surface area (TPSA) is 99.5 Å². The van der Waals surface area contributed by atoms with Crippen LogP contribution in [0.1, 0.15) is 23.1 Å². The fourth-order valence-electron chi connectivity index (χ4n) is 4.72. The molecule has 3 aromatic carbocycles. The van der Waals surface area contributed by atoms with Gasteiger partial charge in [-0.25, -0.2) is 0 Å². The number of amides is 1. The Morgan fingerprint density at radius 2 is 2.07 bits per heavy atom. The molecule has 1 saturated heterocycles. The van der Waals surface area contributed by atoms with Crippen molar-refractivity contribution in [3.05, 3.63) is 102 Å². The van der Waals surface area contributed by atoms with Crippen LogP contribution in [-0.4, -0.2) is 48.7 Å². The summed E-state index contributed by atoms with van der Waals surface area (Å²) in [7, 11) is 2.00. The molecule has 42 heavy (non-hydrogen) atoms. The Balaban J connectivity index is 1.42. The number of terminal acetylenes is 1. The summed E-state index contributed by atoms with van der Waals surface area (Å²) in [6, 6.07) is 23.3. The molecular weight excluding hydrogens is 526 g/mol. The van der Waals surface area contributed by atoms with Crippen LogP contribution in [-0.2, 0) is 16.1 Å². The number of carbonyl (C=O) groups is 1. The predicted octanol–water partition coefficient (Wildman–Crippen LogP) is 5.63. The van der Waals surface area contributed by atoms with Crippen molar-refractivity contribution in [1.82, 2.24) is 9.88 Å². The van der Waals surface area contributed by atoms with Crippen molar-refractivity contribution in [3.63, 3.8) is 0 Å². The van der Waals surface area contributed by atoms with Crippen LogP contribution in [0.4, 0.5) is 17.1 Å². The molecule has 1 amide bonds. The van der Waals surface area contributed by atoms with Crippen LogP contribution in [0.2, 0.25) is 0 Å². The maximum absolute atomic E-state index is 13.0. The summed E-state index contributed by atoms with van der Waals surface area (Å²) in [5, 5.41) is 16.8. The molecule has 0 unspecified atom stereocenters. The van der Waals surface area contributed by atoms with E-state index in [1.165, 1.54) is 17.8 Å². The largest absolute Gasteiger partial charge is 0.486 e. The second-order valence-electron chi connectivity index (χ2n) is 10.1. The lowest BCUT2D eigenvalue weighted by Crippen LogP contribution is -2.19. The van der Waals surface area contributed by atoms with E-state index < -0.39 is 0 Å². The Bertz CT molecular complexity index is 1680. The van der Waals surface area contributed by atoms with Crippen molar-refractivity contribution < 1.29 is 14.3 Å². The molecule has 8 nitrogen and oxygen atoms in total. The number of benzene rings is 3. The zero-order chi connectivity index (χ0) is 29.3. The summed E-state index contributed by atoms with van der Waals surface area (Å²) in [6.07, 6.45) is 11.1. The van der Waals surface area contributed by atoms with Gasteiger partial charge in [-0.3, -0.25) is 14.7 Å². The number of anilines is 3. The monoisotopic (exact) mass is 557 g/mol. The number of nitrogens with one attached hydrogen (secondary N) is 2. The molecule has 2 heterocycles. The summed E-state index contributed by atoms with van der Waals surface area (Å²) in [4.78, 5) is 19.7. The molecule has 1 aromatic heterocycles. The van der Waals surface area contributed by atoms with Gasteiger partial charge in [0.25, 0.3) is 0 Å². The fourth-order valence-corrected chi connectivity index (χ4v) is 4.72. The number of fused-ring (bicyclic) bond motifs is 1. The van der Waals surface area contributed by atoms with E-state index in [1.54, 1.807) is 12.1 Å². The maximum Gasteiger partial charge on any atom is 0.248 e. The van der Waals surface area contributed by atoms with Crippen molar-refractivity contribution in [2.45, 2.75) is 19.1 Å². The number of hydrogen-bond acceptors (Lipinski definition) is 7. The van der Waals surface area contributed by atoms with Gasteiger partial charge in [0.1, 0.15) is 17.9 Å².